The zero-order chi connectivity index (χ0) is 13.3. The van der Waals surface area contributed by atoms with Crippen molar-refractivity contribution in [3.63, 3.8) is 0 Å². The summed E-state index contributed by atoms with van der Waals surface area (Å²) >= 11 is 11.8. The lowest BCUT2D eigenvalue weighted by Gasteiger charge is -2.17. The molecule has 0 spiro atoms. The molecule has 0 aromatic heterocycles. The number of amides is 1. The zero-order valence-electron chi connectivity index (χ0n) is 9.40. The Morgan fingerprint density at radius 2 is 2.17 bits per heavy atom. The maximum absolute atomic E-state index is 11.7. The van der Waals surface area contributed by atoms with Crippen LogP contribution in [0.5, 0.6) is 0 Å². The fourth-order valence-corrected chi connectivity index (χ4v) is 2.41. The van der Waals surface area contributed by atoms with Crippen LogP contribution in [0.25, 0.3) is 0 Å². The van der Waals surface area contributed by atoms with Gasteiger partial charge in [-0.05, 0) is 17.7 Å². The molecule has 0 saturated carbocycles. The maximum atomic E-state index is 11.7. The van der Waals surface area contributed by atoms with Gasteiger partial charge < -0.3 is 10.0 Å². The molecule has 0 aliphatic carbocycles. The highest BCUT2D eigenvalue weighted by atomic mass is 35.5. The topological polar surface area (TPSA) is 57.6 Å². The molecule has 0 unspecified atom stereocenters. The number of nitrogens with zero attached hydrogens (tertiary/aromatic N) is 1. The number of hydrogen-bond donors (Lipinski definition) is 1. The molecule has 1 N–H and O–H groups in total. The van der Waals surface area contributed by atoms with Gasteiger partial charge in [0.15, 0.2) is 0 Å². The Kier molecular flexibility index (Phi) is 3.78. The average Bonchev–Trinajstić information content (AvgIpc) is 2.64. The lowest BCUT2D eigenvalue weighted by molar-refractivity contribution is -0.141. The number of benzene rings is 1. The average molecular weight is 288 g/mol. The maximum Gasteiger partial charge on any atom is 0.308 e. The smallest absolute Gasteiger partial charge is 0.308 e. The standard InChI is InChI=1S/C12H11Cl2NO3/c13-9-2-1-7(10(14)4-9)5-15-6-8(12(17)18)3-11(15)16/h1-2,4,8H,3,5-6H2,(H,17,18)/t8-/m1/s1. The first kappa shape index (κ1) is 13.2. The van der Waals surface area contributed by atoms with Crippen molar-refractivity contribution in [3.05, 3.63) is 33.8 Å². The summed E-state index contributed by atoms with van der Waals surface area (Å²) in [6.07, 6.45) is 0.0561. The first-order valence-corrected chi connectivity index (χ1v) is 6.17. The van der Waals surface area contributed by atoms with Crippen molar-refractivity contribution in [2.45, 2.75) is 13.0 Å². The van der Waals surface area contributed by atoms with Crippen LogP contribution in [0.3, 0.4) is 0 Å². The van der Waals surface area contributed by atoms with Gasteiger partial charge in [-0.2, -0.15) is 0 Å². The minimum absolute atomic E-state index is 0.0561. The minimum Gasteiger partial charge on any atom is -0.481 e. The van der Waals surface area contributed by atoms with E-state index < -0.39 is 11.9 Å². The fraction of sp³-hybridized carbons (Fsp3) is 0.333. The van der Waals surface area contributed by atoms with E-state index in [2.05, 4.69) is 0 Å². The number of carbonyl (C=O) groups is 2. The second-order valence-corrected chi connectivity index (χ2v) is 5.09. The number of halogens is 2. The summed E-state index contributed by atoms with van der Waals surface area (Å²) in [6, 6.07) is 5.04. The highest BCUT2D eigenvalue weighted by Gasteiger charge is 2.34. The van der Waals surface area contributed by atoms with E-state index in [1.54, 1.807) is 18.2 Å². The van der Waals surface area contributed by atoms with Gasteiger partial charge in [0.2, 0.25) is 5.91 Å². The van der Waals surface area contributed by atoms with E-state index in [1.165, 1.54) is 4.90 Å². The van der Waals surface area contributed by atoms with E-state index in [-0.39, 0.29) is 18.9 Å². The Hall–Kier alpha value is -1.26. The molecule has 1 atom stereocenters. The molecule has 1 aromatic carbocycles. The van der Waals surface area contributed by atoms with Crippen LogP contribution in [0.15, 0.2) is 18.2 Å². The number of rotatable bonds is 3. The Bertz CT molecular complexity index is 504. The van der Waals surface area contributed by atoms with Gasteiger partial charge in [-0.3, -0.25) is 9.59 Å². The predicted molar refractivity (Wildman–Crippen MR) is 67.6 cm³/mol. The summed E-state index contributed by atoms with van der Waals surface area (Å²) in [6.45, 7) is 0.547. The number of carbonyl (C=O) groups excluding carboxylic acids is 1. The van der Waals surface area contributed by atoms with Gasteiger partial charge in [0.25, 0.3) is 0 Å². The SMILES string of the molecule is O=C(O)[C@@H]1CC(=O)N(Cc2ccc(Cl)cc2Cl)C1. The summed E-state index contributed by atoms with van der Waals surface area (Å²) < 4.78 is 0. The summed E-state index contributed by atoms with van der Waals surface area (Å²) in [4.78, 5) is 24.0. The van der Waals surface area contributed by atoms with Gasteiger partial charge in [0.05, 0.1) is 5.92 Å². The molecule has 1 heterocycles. The molecule has 1 amide bonds. The molecule has 2 rings (SSSR count). The van der Waals surface area contributed by atoms with Crippen molar-refractivity contribution in [1.29, 1.82) is 0 Å². The second-order valence-electron chi connectivity index (χ2n) is 4.25. The summed E-state index contributed by atoms with van der Waals surface area (Å²) in [7, 11) is 0. The largest absolute Gasteiger partial charge is 0.481 e. The van der Waals surface area contributed by atoms with Crippen LogP contribution < -0.4 is 0 Å². The highest BCUT2D eigenvalue weighted by Crippen LogP contribution is 2.25. The third-order valence-electron chi connectivity index (χ3n) is 2.94. The zero-order valence-corrected chi connectivity index (χ0v) is 10.9. The van der Waals surface area contributed by atoms with Gasteiger partial charge in [0.1, 0.15) is 0 Å². The summed E-state index contributed by atoms with van der Waals surface area (Å²) in [5, 5.41) is 9.89. The molecule has 18 heavy (non-hydrogen) atoms. The van der Waals surface area contributed by atoms with Crippen LogP contribution in [-0.4, -0.2) is 28.4 Å². The van der Waals surface area contributed by atoms with Gasteiger partial charge in [-0.25, -0.2) is 0 Å². The van der Waals surface area contributed by atoms with Crippen LogP contribution in [0.1, 0.15) is 12.0 Å². The van der Waals surface area contributed by atoms with Crippen LogP contribution in [0.4, 0.5) is 0 Å². The van der Waals surface area contributed by atoms with Crippen molar-refractivity contribution in [3.8, 4) is 0 Å². The number of hydrogen-bond acceptors (Lipinski definition) is 2. The lowest BCUT2D eigenvalue weighted by Crippen LogP contribution is -2.25. The first-order valence-electron chi connectivity index (χ1n) is 5.42. The van der Waals surface area contributed by atoms with Crippen LogP contribution in [-0.2, 0) is 16.1 Å². The van der Waals surface area contributed by atoms with Gasteiger partial charge in [0, 0.05) is 29.6 Å². The van der Waals surface area contributed by atoms with E-state index in [0.717, 1.165) is 5.56 Å². The van der Waals surface area contributed by atoms with E-state index in [4.69, 9.17) is 28.3 Å². The van der Waals surface area contributed by atoms with Crippen LogP contribution in [0.2, 0.25) is 10.0 Å². The molecular formula is C12H11Cl2NO3. The Balaban J connectivity index is 2.10. The second kappa shape index (κ2) is 5.16. The van der Waals surface area contributed by atoms with E-state index in [9.17, 15) is 9.59 Å². The Morgan fingerprint density at radius 1 is 1.44 bits per heavy atom. The summed E-state index contributed by atoms with van der Waals surface area (Å²) in [5.41, 5.74) is 0.764. The van der Waals surface area contributed by atoms with E-state index >= 15 is 0 Å². The molecule has 1 fully saturated rings. The van der Waals surface area contributed by atoms with Crippen molar-refractivity contribution in [2.75, 3.05) is 6.54 Å². The Labute approximate surface area is 114 Å². The number of likely N-dealkylation sites (tertiary alicyclic amines) is 1. The third-order valence-corrected chi connectivity index (χ3v) is 3.53. The molecule has 6 heteroatoms. The number of carboxylic acids is 1. The molecule has 0 bridgehead atoms. The fourth-order valence-electron chi connectivity index (χ4n) is 1.95. The molecule has 1 saturated heterocycles. The minimum atomic E-state index is -0.937. The molecule has 96 valence electrons. The van der Waals surface area contributed by atoms with Crippen molar-refractivity contribution in [2.24, 2.45) is 5.92 Å². The van der Waals surface area contributed by atoms with Crippen LogP contribution in [0, 0.1) is 5.92 Å². The molecule has 1 aliphatic heterocycles. The highest BCUT2D eigenvalue weighted by molar-refractivity contribution is 6.35. The molecule has 1 aromatic rings. The lowest BCUT2D eigenvalue weighted by atomic mass is 10.1. The van der Waals surface area contributed by atoms with Gasteiger partial charge in [-0.1, -0.05) is 29.3 Å². The molecular weight excluding hydrogens is 277 g/mol. The van der Waals surface area contributed by atoms with Gasteiger partial charge >= 0.3 is 5.97 Å². The predicted octanol–water partition coefficient (Wildman–Crippen LogP) is 2.43. The molecule has 0 radical (unpaired) electrons. The Morgan fingerprint density at radius 3 is 2.72 bits per heavy atom. The van der Waals surface area contributed by atoms with E-state index in [0.29, 0.717) is 16.6 Å². The quantitative estimate of drug-likeness (QED) is 0.929. The third kappa shape index (κ3) is 2.76. The number of carboxylic acid groups (broad SMARTS) is 1. The van der Waals surface area contributed by atoms with Crippen molar-refractivity contribution in [1.82, 2.24) is 4.90 Å². The first-order chi connectivity index (χ1) is 8.47. The molecule has 1 aliphatic rings. The summed E-state index contributed by atoms with van der Waals surface area (Å²) in [5.74, 6) is -1.72. The molecule has 4 nitrogen and oxygen atoms in total. The normalized spacial score (nSPS) is 19.3. The van der Waals surface area contributed by atoms with Crippen molar-refractivity contribution >= 4 is 35.1 Å². The van der Waals surface area contributed by atoms with Gasteiger partial charge in [-0.15, -0.1) is 0 Å². The van der Waals surface area contributed by atoms with Crippen LogP contribution >= 0.6 is 23.2 Å². The van der Waals surface area contributed by atoms with E-state index in [1.807, 2.05) is 0 Å². The van der Waals surface area contributed by atoms with Crippen molar-refractivity contribution < 1.29 is 14.7 Å². The monoisotopic (exact) mass is 287 g/mol. The number of aliphatic carboxylic acids is 1.